The molecule has 0 radical (unpaired) electrons. The summed E-state index contributed by atoms with van der Waals surface area (Å²) >= 11 is 0. The standard InChI is InChI=1S/C15H15FN2O8S/c16-8-1-2-10(18-5-8)7-3-9(6-17-4-7)25-14-12(20)11(19)13(21)15(26-14)27(22,23)24/h1-6,11-15,19-21H,(H,22,23,24)/t11-,12-,13+,14-,15?/m1/s1. The van der Waals surface area contributed by atoms with Gasteiger partial charge in [0, 0.05) is 11.8 Å². The molecule has 1 fully saturated rings. The van der Waals surface area contributed by atoms with Crippen LogP contribution in [0.2, 0.25) is 0 Å². The fourth-order valence-corrected chi connectivity index (χ4v) is 3.23. The van der Waals surface area contributed by atoms with E-state index in [2.05, 4.69) is 9.97 Å². The summed E-state index contributed by atoms with van der Waals surface area (Å²) in [6.07, 6.45) is -3.95. The molecule has 1 aliphatic heterocycles. The lowest BCUT2D eigenvalue weighted by Crippen LogP contribution is -2.61. The molecule has 1 aliphatic rings. The number of aromatic nitrogens is 2. The van der Waals surface area contributed by atoms with Gasteiger partial charge < -0.3 is 24.8 Å². The van der Waals surface area contributed by atoms with Gasteiger partial charge in [-0.25, -0.2) is 4.39 Å². The summed E-state index contributed by atoms with van der Waals surface area (Å²) in [4.78, 5) is 7.78. The van der Waals surface area contributed by atoms with E-state index in [0.29, 0.717) is 11.3 Å². The van der Waals surface area contributed by atoms with Crippen LogP contribution < -0.4 is 4.74 Å². The van der Waals surface area contributed by atoms with Crippen LogP contribution in [0.5, 0.6) is 5.75 Å². The second-order valence-electron chi connectivity index (χ2n) is 5.75. The van der Waals surface area contributed by atoms with E-state index in [0.717, 1.165) is 6.20 Å². The van der Waals surface area contributed by atoms with Crippen LogP contribution in [0.25, 0.3) is 11.3 Å². The average Bonchev–Trinajstić information content (AvgIpc) is 2.62. The number of aliphatic hydroxyl groups excluding tert-OH is 3. The predicted molar refractivity (Wildman–Crippen MR) is 86.3 cm³/mol. The molecule has 3 heterocycles. The highest BCUT2D eigenvalue weighted by molar-refractivity contribution is 7.86. The molecule has 1 saturated heterocycles. The molecular weight excluding hydrogens is 387 g/mol. The Bertz CT molecular complexity index is 910. The molecule has 0 aliphatic carbocycles. The van der Waals surface area contributed by atoms with Crippen molar-refractivity contribution in [1.82, 2.24) is 9.97 Å². The third kappa shape index (κ3) is 4.21. The maximum atomic E-state index is 13.0. The first-order valence-corrected chi connectivity index (χ1v) is 9.07. The van der Waals surface area contributed by atoms with Crippen LogP contribution in [0, 0.1) is 5.82 Å². The van der Waals surface area contributed by atoms with Crippen LogP contribution in [-0.4, -0.2) is 68.3 Å². The van der Waals surface area contributed by atoms with Gasteiger partial charge in [0.15, 0.2) is 0 Å². The molecule has 0 spiro atoms. The average molecular weight is 402 g/mol. The van der Waals surface area contributed by atoms with Crippen molar-refractivity contribution in [1.29, 1.82) is 0 Å². The molecule has 1 unspecified atom stereocenters. The van der Waals surface area contributed by atoms with Gasteiger partial charge in [0.2, 0.25) is 11.7 Å². The number of aliphatic hydroxyl groups is 3. The van der Waals surface area contributed by atoms with Gasteiger partial charge in [-0.3, -0.25) is 14.5 Å². The van der Waals surface area contributed by atoms with Crippen LogP contribution in [0.3, 0.4) is 0 Å². The Kier molecular flexibility index (Phi) is 5.37. The first-order chi connectivity index (χ1) is 12.7. The Labute approximate surface area is 152 Å². The van der Waals surface area contributed by atoms with Crippen molar-refractivity contribution in [2.24, 2.45) is 0 Å². The van der Waals surface area contributed by atoms with E-state index in [4.69, 9.17) is 14.0 Å². The third-order valence-electron chi connectivity index (χ3n) is 3.81. The number of rotatable bonds is 4. The van der Waals surface area contributed by atoms with Gasteiger partial charge in [0.25, 0.3) is 10.1 Å². The van der Waals surface area contributed by atoms with Crippen LogP contribution in [0.15, 0.2) is 36.8 Å². The topological polar surface area (TPSA) is 159 Å². The van der Waals surface area contributed by atoms with E-state index in [9.17, 15) is 28.1 Å². The van der Waals surface area contributed by atoms with E-state index in [-0.39, 0.29) is 5.75 Å². The van der Waals surface area contributed by atoms with Gasteiger partial charge in [-0.1, -0.05) is 0 Å². The summed E-state index contributed by atoms with van der Waals surface area (Å²) in [6.45, 7) is 0. The molecular formula is C15H15FN2O8S. The minimum atomic E-state index is -4.90. The molecule has 10 nitrogen and oxygen atoms in total. The minimum Gasteiger partial charge on any atom is -0.460 e. The Morgan fingerprint density at radius 3 is 2.44 bits per heavy atom. The molecule has 146 valence electrons. The van der Waals surface area contributed by atoms with Crippen LogP contribution in [0.4, 0.5) is 4.39 Å². The molecule has 27 heavy (non-hydrogen) atoms. The summed E-state index contributed by atoms with van der Waals surface area (Å²) < 4.78 is 54.9. The zero-order valence-electron chi connectivity index (χ0n) is 13.5. The van der Waals surface area contributed by atoms with Gasteiger partial charge in [-0.2, -0.15) is 8.42 Å². The molecule has 0 aromatic carbocycles. The van der Waals surface area contributed by atoms with Gasteiger partial charge in [-0.15, -0.1) is 0 Å². The Balaban J connectivity index is 1.83. The van der Waals surface area contributed by atoms with Crippen molar-refractivity contribution in [2.75, 3.05) is 0 Å². The Morgan fingerprint density at radius 1 is 1.07 bits per heavy atom. The van der Waals surface area contributed by atoms with E-state index in [1.807, 2.05) is 0 Å². The van der Waals surface area contributed by atoms with Crippen molar-refractivity contribution in [2.45, 2.75) is 30.0 Å². The number of halogens is 1. The van der Waals surface area contributed by atoms with Crippen molar-refractivity contribution < 1.29 is 42.2 Å². The largest absolute Gasteiger partial charge is 0.460 e. The predicted octanol–water partition coefficient (Wildman–Crippen LogP) is -0.686. The number of ether oxygens (including phenoxy) is 2. The summed E-state index contributed by atoms with van der Waals surface area (Å²) in [6, 6.07) is 4.00. The number of hydrogen-bond donors (Lipinski definition) is 4. The Morgan fingerprint density at radius 2 is 1.81 bits per heavy atom. The lowest BCUT2D eigenvalue weighted by atomic mass is 10.1. The SMILES string of the molecule is O=S(=O)(O)C1O[C@@H](Oc2cncc(-c3ccc(F)cn3)c2)[C@H](O)[C@@H](O)[C@@H]1O. The van der Waals surface area contributed by atoms with Crippen molar-refractivity contribution >= 4 is 10.1 Å². The van der Waals surface area contributed by atoms with Crippen LogP contribution >= 0.6 is 0 Å². The molecule has 2 aromatic rings. The molecule has 5 atom stereocenters. The highest BCUT2D eigenvalue weighted by Crippen LogP contribution is 2.28. The lowest BCUT2D eigenvalue weighted by molar-refractivity contribution is -0.254. The highest BCUT2D eigenvalue weighted by atomic mass is 32.2. The van der Waals surface area contributed by atoms with Gasteiger partial charge in [0.05, 0.1) is 18.1 Å². The zero-order chi connectivity index (χ0) is 19.8. The van der Waals surface area contributed by atoms with Crippen LogP contribution in [0.1, 0.15) is 0 Å². The summed E-state index contributed by atoms with van der Waals surface area (Å²) in [5, 5.41) is 29.4. The number of nitrogens with zero attached hydrogens (tertiary/aromatic N) is 2. The molecule has 2 aromatic heterocycles. The summed E-state index contributed by atoms with van der Waals surface area (Å²) in [5.41, 5.74) is -1.42. The quantitative estimate of drug-likeness (QED) is 0.482. The normalized spacial score (nSPS) is 28.7. The molecule has 0 bridgehead atoms. The Hall–Kier alpha value is -2.22. The highest BCUT2D eigenvalue weighted by Gasteiger charge is 2.50. The van der Waals surface area contributed by atoms with Crippen molar-refractivity contribution in [3.8, 4) is 17.0 Å². The van der Waals surface area contributed by atoms with Gasteiger partial charge in [0.1, 0.15) is 29.9 Å². The first-order valence-electron chi connectivity index (χ1n) is 7.56. The third-order valence-corrected chi connectivity index (χ3v) is 4.78. The second kappa shape index (κ2) is 7.42. The maximum absolute atomic E-state index is 13.0. The van der Waals surface area contributed by atoms with E-state index in [1.54, 1.807) is 0 Å². The maximum Gasteiger partial charge on any atom is 0.295 e. The van der Waals surface area contributed by atoms with Crippen molar-refractivity contribution in [3.05, 3.63) is 42.6 Å². The molecule has 0 saturated carbocycles. The van der Waals surface area contributed by atoms with Crippen molar-refractivity contribution in [3.63, 3.8) is 0 Å². The monoisotopic (exact) mass is 402 g/mol. The van der Waals surface area contributed by atoms with E-state index >= 15 is 0 Å². The fraction of sp³-hybridized carbons (Fsp3) is 0.333. The molecule has 4 N–H and O–H groups in total. The van der Waals surface area contributed by atoms with Gasteiger partial charge >= 0.3 is 0 Å². The summed E-state index contributed by atoms with van der Waals surface area (Å²) in [5.74, 6) is -0.526. The molecule has 12 heteroatoms. The number of pyridine rings is 2. The molecule has 0 amide bonds. The fourth-order valence-electron chi connectivity index (χ4n) is 2.47. The van der Waals surface area contributed by atoms with Gasteiger partial charge in [-0.05, 0) is 18.2 Å². The molecule has 3 rings (SSSR count). The van der Waals surface area contributed by atoms with E-state index in [1.165, 1.54) is 30.6 Å². The lowest BCUT2D eigenvalue weighted by Gasteiger charge is -2.38. The van der Waals surface area contributed by atoms with E-state index < -0.39 is 46.0 Å². The number of hydrogen-bond acceptors (Lipinski definition) is 9. The first kappa shape index (κ1) is 19.5. The zero-order valence-corrected chi connectivity index (χ0v) is 14.3. The smallest absolute Gasteiger partial charge is 0.295 e. The summed E-state index contributed by atoms with van der Waals surface area (Å²) in [7, 11) is -4.90. The second-order valence-corrected chi connectivity index (χ2v) is 7.24. The van der Waals surface area contributed by atoms with Crippen LogP contribution in [-0.2, 0) is 14.9 Å². The minimum absolute atomic E-state index is 0.000326.